The lowest BCUT2D eigenvalue weighted by Crippen LogP contribution is -2.24. The molecule has 0 bridgehead atoms. The average Bonchev–Trinajstić information content (AvgIpc) is 2.41. The molecule has 0 saturated carbocycles. The van der Waals surface area contributed by atoms with E-state index in [-0.39, 0.29) is 17.1 Å². The van der Waals surface area contributed by atoms with E-state index in [1.165, 1.54) is 36.4 Å². The summed E-state index contributed by atoms with van der Waals surface area (Å²) in [5.41, 5.74) is 0.405. The van der Waals surface area contributed by atoms with E-state index in [9.17, 15) is 19.0 Å². The molecule has 0 aliphatic heterocycles. The Bertz CT molecular complexity index is 626. The van der Waals surface area contributed by atoms with Gasteiger partial charge in [0.2, 0.25) is 0 Å². The first kappa shape index (κ1) is 15.3. The monoisotopic (exact) mass is 293 g/mol. The van der Waals surface area contributed by atoms with E-state index in [0.29, 0.717) is 5.56 Å². The summed E-state index contributed by atoms with van der Waals surface area (Å²) in [4.78, 5) is 0. The van der Waals surface area contributed by atoms with Gasteiger partial charge in [0.05, 0.1) is 0 Å². The third-order valence-electron chi connectivity index (χ3n) is 3.41. The third-order valence-corrected chi connectivity index (χ3v) is 3.41. The van der Waals surface area contributed by atoms with E-state index >= 15 is 0 Å². The van der Waals surface area contributed by atoms with E-state index in [4.69, 9.17) is 0 Å². The number of phenols is 2. The molecule has 2 unspecified atom stereocenters. The molecule has 5 heteroatoms. The van der Waals surface area contributed by atoms with Crippen LogP contribution in [-0.2, 0) is 0 Å². The SMILES string of the molecule is CC(NC(C)c1c(F)cccc1F)c1cc(O)ccc1O. The number of aromatic hydroxyl groups is 2. The fourth-order valence-corrected chi connectivity index (χ4v) is 2.36. The molecule has 2 atom stereocenters. The minimum atomic E-state index is -0.623. The Morgan fingerprint density at radius 2 is 1.57 bits per heavy atom. The van der Waals surface area contributed by atoms with Crippen LogP contribution in [-0.4, -0.2) is 10.2 Å². The van der Waals surface area contributed by atoms with Crippen molar-refractivity contribution in [2.24, 2.45) is 0 Å². The molecule has 2 rings (SSSR count). The molecule has 2 aromatic rings. The first-order valence-corrected chi connectivity index (χ1v) is 6.62. The van der Waals surface area contributed by atoms with Crippen molar-refractivity contribution in [2.45, 2.75) is 25.9 Å². The van der Waals surface area contributed by atoms with Crippen LogP contribution >= 0.6 is 0 Å². The third kappa shape index (κ3) is 3.31. The van der Waals surface area contributed by atoms with Crippen LogP contribution in [0.4, 0.5) is 8.78 Å². The number of phenolic OH excluding ortho intramolecular Hbond substituents is 2. The predicted octanol–water partition coefficient (Wildman–Crippen LogP) is 3.79. The van der Waals surface area contributed by atoms with Gasteiger partial charge in [-0.25, -0.2) is 8.78 Å². The van der Waals surface area contributed by atoms with E-state index in [2.05, 4.69) is 5.32 Å². The van der Waals surface area contributed by atoms with E-state index in [1.807, 2.05) is 0 Å². The van der Waals surface area contributed by atoms with Crippen molar-refractivity contribution in [3.05, 3.63) is 59.2 Å². The highest BCUT2D eigenvalue weighted by atomic mass is 19.1. The van der Waals surface area contributed by atoms with Crippen molar-refractivity contribution < 1.29 is 19.0 Å². The van der Waals surface area contributed by atoms with Gasteiger partial charge in [-0.1, -0.05) is 6.07 Å². The van der Waals surface area contributed by atoms with Gasteiger partial charge < -0.3 is 15.5 Å². The van der Waals surface area contributed by atoms with Gasteiger partial charge >= 0.3 is 0 Å². The smallest absolute Gasteiger partial charge is 0.130 e. The lowest BCUT2D eigenvalue weighted by atomic mass is 10.0. The molecule has 21 heavy (non-hydrogen) atoms. The molecule has 0 amide bonds. The lowest BCUT2D eigenvalue weighted by molar-refractivity contribution is 0.418. The van der Waals surface area contributed by atoms with Crippen molar-refractivity contribution in [1.29, 1.82) is 0 Å². The lowest BCUT2D eigenvalue weighted by Gasteiger charge is -2.22. The van der Waals surface area contributed by atoms with Gasteiger partial charge in [-0.05, 0) is 44.2 Å². The quantitative estimate of drug-likeness (QED) is 0.752. The zero-order valence-electron chi connectivity index (χ0n) is 11.8. The number of hydrogen-bond donors (Lipinski definition) is 3. The fraction of sp³-hybridized carbons (Fsp3) is 0.250. The Hall–Kier alpha value is -2.14. The van der Waals surface area contributed by atoms with Gasteiger partial charge in [-0.15, -0.1) is 0 Å². The largest absolute Gasteiger partial charge is 0.508 e. The standard InChI is InChI=1S/C16H17F2NO2/c1-9(12-8-11(20)6-7-15(12)21)19-10(2)16-13(17)4-3-5-14(16)18/h3-10,19-21H,1-2H3. The van der Waals surface area contributed by atoms with Gasteiger partial charge in [0.25, 0.3) is 0 Å². The summed E-state index contributed by atoms with van der Waals surface area (Å²) in [5.74, 6) is -1.22. The molecule has 3 nitrogen and oxygen atoms in total. The molecule has 0 radical (unpaired) electrons. The Balaban J connectivity index is 2.23. The van der Waals surface area contributed by atoms with Crippen LogP contribution in [0.2, 0.25) is 0 Å². The zero-order chi connectivity index (χ0) is 15.6. The van der Waals surface area contributed by atoms with Gasteiger partial charge in [-0.2, -0.15) is 0 Å². The van der Waals surface area contributed by atoms with Crippen molar-refractivity contribution in [3.8, 4) is 11.5 Å². The maximum absolute atomic E-state index is 13.7. The molecular weight excluding hydrogens is 276 g/mol. The van der Waals surface area contributed by atoms with Crippen molar-refractivity contribution in [2.75, 3.05) is 0 Å². The minimum Gasteiger partial charge on any atom is -0.508 e. The summed E-state index contributed by atoms with van der Waals surface area (Å²) in [5, 5.41) is 22.3. The van der Waals surface area contributed by atoms with Crippen molar-refractivity contribution in [1.82, 2.24) is 5.32 Å². The summed E-state index contributed by atoms with van der Waals surface area (Å²) in [6, 6.07) is 6.88. The van der Waals surface area contributed by atoms with Crippen LogP contribution in [0.1, 0.15) is 37.1 Å². The molecule has 0 aromatic heterocycles. The van der Waals surface area contributed by atoms with Crippen molar-refractivity contribution in [3.63, 3.8) is 0 Å². The maximum Gasteiger partial charge on any atom is 0.130 e. The highest BCUT2D eigenvalue weighted by Gasteiger charge is 2.19. The summed E-state index contributed by atoms with van der Waals surface area (Å²) in [6.45, 7) is 3.38. The predicted molar refractivity (Wildman–Crippen MR) is 76.1 cm³/mol. The second kappa shape index (κ2) is 6.10. The Morgan fingerprint density at radius 1 is 0.952 bits per heavy atom. The molecule has 0 heterocycles. The molecule has 0 saturated heterocycles. The average molecular weight is 293 g/mol. The molecule has 0 aliphatic carbocycles. The van der Waals surface area contributed by atoms with E-state index in [1.54, 1.807) is 13.8 Å². The first-order valence-electron chi connectivity index (χ1n) is 6.62. The maximum atomic E-state index is 13.7. The van der Waals surface area contributed by atoms with Crippen LogP contribution in [0.25, 0.3) is 0 Å². The van der Waals surface area contributed by atoms with Crippen LogP contribution in [0, 0.1) is 11.6 Å². The number of nitrogens with one attached hydrogen (secondary N) is 1. The number of rotatable bonds is 4. The summed E-state index contributed by atoms with van der Waals surface area (Å²) in [7, 11) is 0. The second-order valence-corrected chi connectivity index (χ2v) is 4.99. The topological polar surface area (TPSA) is 52.5 Å². The Labute approximate surface area is 121 Å². The van der Waals surface area contributed by atoms with Crippen LogP contribution in [0.3, 0.4) is 0 Å². The van der Waals surface area contributed by atoms with E-state index in [0.717, 1.165) is 0 Å². The Kier molecular flexibility index (Phi) is 4.43. The van der Waals surface area contributed by atoms with Gasteiger partial charge in [-0.3, -0.25) is 0 Å². The zero-order valence-corrected chi connectivity index (χ0v) is 11.8. The molecular formula is C16H17F2NO2. The highest BCUT2D eigenvalue weighted by Crippen LogP contribution is 2.30. The number of hydrogen-bond acceptors (Lipinski definition) is 3. The van der Waals surface area contributed by atoms with E-state index < -0.39 is 23.7 Å². The van der Waals surface area contributed by atoms with Gasteiger partial charge in [0.1, 0.15) is 23.1 Å². The molecule has 0 spiro atoms. The molecule has 2 aromatic carbocycles. The highest BCUT2D eigenvalue weighted by molar-refractivity contribution is 5.40. The minimum absolute atomic E-state index is 0.00834. The summed E-state index contributed by atoms with van der Waals surface area (Å²) >= 11 is 0. The van der Waals surface area contributed by atoms with Gasteiger partial charge in [0.15, 0.2) is 0 Å². The molecule has 3 N–H and O–H groups in total. The summed E-state index contributed by atoms with van der Waals surface area (Å²) < 4.78 is 27.5. The summed E-state index contributed by atoms with van der Waals surface area (Å²) in [6.07, 6.45) is 0. The van der Waals surface area contributed by atoms with Crippen LogP contribution < -0.4 is 5.32 Å². The van der Waals surface area contributed by atoms with Gasteiger partial charge in [0, 0.05) is 23.2 Å². The number of benzene rings is 2. The van der Waals surface area contributed by atoms with Crippen LogP contribution in [0.15, 0.2) is 36.4 Å². The Morgan fingerprint density at radius 3 is 2.19 bits per heavy atom. The number of halogens is 2. The first-order chi connectivity index (χ1) is 9.90. The van der Waals surface area contributed by atoms with Crippen LogP contribution in [0.5, 0.6) is 11.5 Å². The molecule has 0 fully saturated rings. The second-order valence-electron chi connectivity index (χ2n) is 4.99. The normalized spacial score (nSPS) is 13.9. The fourth-order valence-electron chi connectivity index (χ4n) is 2.36. The van der Waals surface area contributed by atoms with Crippen molar-refractivity contribution >= 4 is 0 Å². The molecule has 0 aliphatic rings. The molecule has 112 valence electrons.